The fourth-order valence-electron chi connectivity index (χ4n) is 3.51. The highest BCUT2D eigenvalue weighted by atomic mass is 35.5. The van der Waals surface area contributed by atoms with E-state index in [1.165, 1.54) is 11.8 Å². The van der Waals surface area contributed by atoms with E-state index in [1.807, 2.05) is 24.3 Å². The fraction of sp³-hybridized carbons (Fsp3) is 0.261. The Morgan fingerprint density at radius 3 is 2.69 bits per heavy atom. The molecule has 3 aromatic rings. The molecule has 1 aromatic heterocycles. The third kappa shape index (κ3) is 5.70. The van der Waals surface area contributed by atoms with Gasteiger partial charge in [-0.3, -0.25) is 14.5 Å². The first kappa shape index (κ1) is 22.4. The number of carbonyl (C=O) groups is 1. The van der Waals surface area contributed by atoms with Crippen LogP contribution in [0.2, 0.25) is 5.02 Å². The van der Waals surface area contributed by atoms with Gasteiger partial charge in [0.25, 0.3) is 5.56 Å². The second kappa shape index (κ2) is 10.2. The molecule has 0 saturated carbocycles. The van der Waals surface area contributed by atoms with Gasteiger partial charge in [0.1, 0.15) is 5.75 Å². The number of hydrogen-bond donors (Lipinski definition) is 2. The average Bonchev–Trinajstić information content (AvgIpc) is 2.80. The molecule has 2 heterocycles. The molecule has 0 atom stereocenters. The van der Waals surface area contributed by atoms with E-state index in [9.17, 15) is 9.59 Å². The minimum Gasteiger partial charge on any atom is -0.497 e. The lowest BCUT2D eigenvalue weighted by atomic mass is 10.1. The summed E-state index contributed by atoms with van der Waals surface area (Å²) < 4.78 is 5.20. The van der Waals surface area contributed by atoms with Gasteiger partial charge in [0.2, 0.25) is 5.91 Å². The zero-order chi connectivity index (χ0) is 22.5. The van der Waals surface area contributed by atoms with Crippen molar-refractivity contribution in [2.75, 3.05) is 24.7 Å². The Labute approximate surface area is 195 Å². The molecule has 0 spiro atoms. The molecule has 0 aliphatic carbocycles. The number of hydrogen-bond acceptors (Lipinski definition) is 6. The van der Waals surface area contributed by atoms with E-state index in [2.05, 4.69) is 20.2 Å². The van der Waals surface area contributed by atoms with Crippen LogP contribution in [0.25, 0.3) is 0 Å². The van der Waals surface area contributed by atoms with Gasteiger partial charge in [0.15, 0.2) is 5.16 Å². The molecule has 4 rings (SSSR count). The normalized spacial score (nSPS) is 13.4. The molecule has 0 radical (unpaired) electrons. The Balaban J connectivity index is 1.35. The van der Waals surface area contributed by atoms with Crippen molar-refractivity contribution >= 4 is 35.0 Å². The number of ether oxygens (including phenoxy) is 1. The quantitative estimate of drug-likeness (QED) is 0.404. The van der Waals surface area contributed by atoms with Crippen LogP contribution in [0.3, 0.4) is 0 Å². The minimum absolute atomic E-state index is 0.143. The highest BCUT2D eigenvalue weighted by Gasteiger charge is 2.21. The van der Waals surface area contributed by atoms with Gasteiger partial charge >= 0.3 is 0 Å². The molecular weight excluding hydrogens is 448 g/mol. The number of anilines is 1. The maximum atomic E-state index is 12.7. The van der Waals surface area contributed by atoms with Crippen molar-refractivity contribution in [3.8, 4) is 5.75 Å². The molecule has 1 aliphatic heterocycles. The molecule has 0 unspecified atom stereocenters. The lowest BCUT2D eigenvalue weighted by molar-refractivity contribution is -0.113. The summed E-state index contributed by atoms with van der Waals surface area (Å²) >= 11 is 7.07. The van der Waals surface area contributed by atoms with E-state index < -0.39 is 0 Å². The highest BCUT2D eigenvalue weighted by molar-refractivity contribution is 7.99. The van der Waals surface area contributed by atoms with Crippen LogP contribution in [0.1, 0.15) is 16.8 Å². The summed E-state index contributed by atoms with van der Waals surface area (Å²) in [5, 5.41) is 3.87. The van der Waals surface area contributed by atoms with Crippen molar-refractivity contribution in [3.63, 3.8) is 0 Å². The van der Waals surface area contributed by atoms with E-state index in [0.717, 1.165) is 30.1 Å². The van der Waals surface area contributed by atoms with Gasteiger partial charge in [-0.1, -0.05) is 35.5 Å². The predicted octanol–water partition coefficient (Wildman–Crippen LogP) is 3.72. The fourth-order valence-corrected chi connectivity index (χ4v) is 4.32. The number of carbonyl (C=O) groups excluding carboxylic acids is 1. The minimum atomic E-state index is -0.177. The molecule has 9 heteroatoms. The van der Waals surface area contributed by atoms with E-state index in [0.29, 0.717) is 34.4 Å². The lowest BCUT2D eigenvalue weighted by Gasteiger charge is -2.27. The maximum absolute atomic E-state index is 12.7. The molecule has 7 nitrogen and oxygen atoms in total. The van der Waals surface area contributed by atoms with Crippen molar-refractivity contribution in [1.82, 2.24) is 14.9 Å². The Bertz CT molecular complexity index is 1150. The molecular formula is C23H23ClN4O3S. The van der Waals surface area contributed by atoms with Crippen LogP contribution >= 0.6 is 23.4 Å². The van der Waals surface area contributed by atoms with Crippen LogP contribution < -0.4 is 15.6 Å². The van der Waals surface area contributed by atoms with E-state index in [1.54, 1.807) is 31.4 Å². The predicted molar refractivity (Wildman–Crippen MR) is 126 cm³/mol. The van der Waals surface area contributed by atoms with Crippen molar-refractivity contribution in [2.45, 2.75) is 24.7 Å². The van der Waals surface area contributed by atoms with Gasteiger partial charge in [-0.2, -0.15) is 0 Å². The monoisotopic (exact) mass is 470 g/mol. The molecule has 166 valence electrons. The Hall–Kier alpha value is -2.81. The third-order valence-corrected chi connectivity index (χ3v) is 6.28. The van der Waals surface area contributed by atoms with Crippen molar-refractivity contribution in [2.24, 2.45) is 0 Å². The van der Waals surface area contributed by atoms with Crippen LogP contribution in [0.5, 0.6) is 5.75 Å². The van der Waals surface area contributed by atoms with Crippen LogP contribution in [-0.2, 0) is 24.3 Å². The Morgan fingerprint density at radius 2 is 1.97 bits per heavy atom. The lowest BCUT2D eigenvalue weighted by Crippen LogP contribution is -2.35. The number of thioether (sulfide) groups is 1. The topological polar surface area (TPSA) is 87.3 Å². The molecule has 0 fully saturated rings. The summed E-state index contributed by atoms with van der Waals surface area (Å²) in [6, 6.07) is 14.8. The largest absolute Gasteiger partial charge is 0.497 e. The van der Waals surface area contributed by atoms with Gasteiger partial charge in [0.05, 0.1) is 24.1 Å². The van der Waals surface area contributed by atoms with Gasteiger partial charge in [-0.05, 0) is 42.0 Å². The summed E-state index contributed by atoms with van der Waals surface area (Å²) in [6.07, 6.45) is 0.694. The number of aromatic nitrogens is 2. The van der Waals surface area contributed by atoms with Crippen molar-refractivity contribution < 1.29 is 9.53 Å². The summed E-state index contributed by atoms with van der Waals surface area (Å²) in [5.74, 6) is 0.794. The summed E-state index contributed by atoms with van der Waals surface area (Å²) in [7, 11) is 1.65. The zero-order valence-corrected chi connectivity index (χ0v) is 19.1. The highest BCUT2D eigenvalue weighted by Crippen LogP contribution is 2.21. The Morgan fingerprint density at radius 1 is 1.22 bits per heavy atom. The number of methoxy groups -OCH3 is 1. The van der Waals surface area contributed by atoms with E-state index >= 15 is 0 Å². The Kier molecular flexibility index (Phi) is 7.14. The number of halogens is 1. The van der Waals surface area contributed by atoms with Crippen LogP contribution in [-0.4, -0.2) is 40.2 Å². The van der Waals surface area contributed by atoms with Crippen LogP contribution in [0.15, 0.2) is 58.5 Å². The molecule has 2 N–H and O–H groups in total. The van der Waals surface area contributed by atoms with Crippen LogP contribution in [0, 0.1) is 0 Å². The second-order valence-corrected chi connectivity index (χ2v) is 8.85. The number of nitrogens with zero attached hydrogens (tertiary/aromatic N) is 2. The number of aromatic amines is 1. The zero-order valence-electron chi connectivity index (χ0n) is 17.6. The van der Waals surface area contributed by atoms with E-state index in [-0.39, 0.29) is 17.2 Å². The van der Waals surface area contributed by atoms with Crippen molar-refractivity contribution in [1.29, 1.82) is 0 Å². The number of fused-ring (bicyclic) bond motifs is 1. The first-order valence-electron chi connectivity index (χ1n) is 10.2. The number of nitrogens with one attached hydrogen (secondary N) is 2. The standard InChI is InChI=1S/C23H23ClN4O3S/c1-31-18-8-2-15(3-9-18)12-28-11-10-20-19(13-28)22(30)27-23(26-20)32-14-21(29)25-17-6-4-16(24)5-7-17/h2-9H,10-14H2,1H3,(H,25,29)(H,26,27,30). The van der Waals surface area contributed by atoms with Gasteiger partial charge in [0, 0.05) is 36.8 Å². The molecule has 1 amide bonds. The first-order valence-corrected chi connectivity index (χ1v) is 11.5. The van der Waals surface area contributed by atoms with Crippen LogP contribution in [0.4, 0.5) is 5.69 Å². The molecule has 0 saturated heterocycles. The second-order valence-electron chi connectivity index (χ2n) is 7.45. The molecule has 0 bridgehead atoms. The molecule has 1 aliphatic rings. The van der Waals surface area contributed by atoms with E-state index in [4.69, 9.17) is 16.3 Å². The average molecular weight is 471 g/mol. The van der Waals surface area contributed by atoms with Gasteiger partial charge < -0.3 is 15.0 Å². The summed E-state index contributed by atoms with van der Waals surface area (Å²) in [6.45, 7) is 2.12. The molecule has 2 aromatic carbocycles. The van der Waals surface area contributed by atoms with Crippen molar-refractivity contribution in [3.05, 3.63) is 80.7 Å². The van der Waals surface area contributed by atoms with Gasteiger partial charge in [-0.15, -0.1) is 0 Å². The number of rotatable bonds is 7. The number of benzene rings is 2. The summed E-state index contributed by atoms with van der Waals surface area (Å²) in [4.78, 5) is 34.5. The number of amides is 1. The molecule has 32 heavy (non-hydrogen) atoms. The number of H-pyrrole nitrogens is 1. The maximum Gasteiger partial charge on any atom is 0.256 e. The van der Waals surface area contributed by atoms with Gasteiger partial charge in [-0.25, -0.2) is 4.98 Å². The third-order valence-electron chi connectivity index (χ3n) is 5.16. The summed E-state index contributed by atoms with van der Waals surface area (Å²) in [5.41, 5.74) is 3.19. The SMILES string of the molecule is COc1ccc(CN2CCc3nc(SCC(=O)Nc4ccc(Cl)cc4)[nH]c(=O)c3C2)cc1. The smallest absolute Gasteiger partial charge is 0.256 e. The first-order chi connectivity index (χ1) is 15.5.